The van der Waals surface area contributed by atoms with Gasteiger partial charge in [0.05, 0.1) is 10.5 Å². The average molecular weight is 327 g/mol. The highest BCUT2D eigenvalue weighted by Crippen LogP contribution is 2.28. The lowest BCUT2D eigenvalue weighted by molar-refractivity contribution is -0.111. The van der Waals surface area contributed by atoms with Crippen molar-refractivity contribution in [2.24, 2.45) is 11.0 Å². The smallest absolute Gasteiger partial charge is 0.252 e. The van der Waals surface area contributed by atoms with Crippen LogP contribution in [0.2, 0.25) is 0 Å². The standard InChI is InChI=1S/C14H15F2N3O2S/c1-3-4-8(2)5-13(20)22-12-6-9(14(21)18-19-17)10(15)7-11(12)16/h6-8H,3-5H2,1-2H3. The van der Waals surface area contributed by atoms with E-state index in [4.69, 9.17) is 5.53 Å². The molecule has 22 heavy (non-hydrogen) atoms. The maximum atomic E-state index is 13.7. The summed E-state index contributed by atoms with van der Waals surface area (Å²) in [6.45, 7) is 3.92. The zero-order chi connectivity index (χ0) is 16.7. The van der Waals surface area contributed by atoms with Gasteiger partial charge in [0, 0.05) is 17.4 Å². The van der Waals surface area contributed by atoms with Crippen LogP contribution in [0.3, 0.4) is 0 Å². The molecule has 1 aromatic rings. The number of rotatable bonds is 6. The first-order chi connectivity index (χ1) is 10.4. The lowest BCUT2D eigenvalue weighted by Crippen LogP contribution is -2.04. The molecule has 5 nitrogen and oxygen atoms in total. The van der Waals surface area contributed by atoms with Crippen LogP contribution in [0, 0.1) is 17.6 Å². The molecule has 0 N–H and O–H groups in total. The van der Waals surface area contributed by atoms with E-state index in [0.717, 1.165) is 18.9 Å². The Hall–Kier alpha value is -1.92. The van der Waals surface area contributed by atoms with Crippen LogP contribution in [0.25, 0.3) is 10.4 Å². The van der Waals surface area contributed by atoms with Gasteiger partial charge < -0.3 is 0 Å². The van der Waals surface area contributed by atoms with E-state index in [-0.39, 0.29) is 22.3 Å². The Kier molecular flexibility index (Phi) is 7.01. The SMILES string of the molecule is CCCC(C)CC(=O)Sc1cc(C(=O)N=[N+]=[N-])c(F)cc1F. The maximum absolute atomic E-state index is 13.7. The van der Waals surface area contributed by atoms with Crippen LogP contribution >= 0.6 is 11.8 Å². The van der Waals surface area contributed by atoms with Crippen LogP contribution in [0.15, 0.2) is 22.1 Å². The number of carbonyl (C=O) groups is 2. The summed E-state index contributed by atoms with van der Waals surface area (Å²) in [5, 5.41) is 2.49. The van der Waals surface area contributed by atoms with E-state index >= 15 is 0 Å². The molecule has 1 unspecified atom stereocenters. The highest BCUT2D eigenvalue weighted by Gasteiger charge is 2.18. The summed E-state index contributed by atoms with van der Waals surface area (Å²) in [5.41, 5.74) is 7.63. The van der Waals surface area contributed by atoms with Crippen LogP contribution in [0.4, 0.5) is 8.78 Å². The molecule has 8 heteroatoms. The first-order valence-corrected chi connectivity index (χ1v) is 7.49. The van der Waals surface area contributed by atoms with Crippen LogP contribution in [0.5, 0.6) is 0 Å². The quantitative estimate of drug-likeness (QED) is 0.324. The minimum atomic E-state index is -1.16. The fraction of sp³-hybridized carbons (Fsp3) is 0.429. The monoisotopic (exact) mass is 327 g/mol. The fourth-order valence-corrected chi connectivity index (χ4v) is 2.86. The number of benzene rings is 1. The zero-order valence-electron chi connectivity index (χ0n) is 12.2. The fourth-order valence-electron chi connectivity index (χ4n) is 1.91. The minimum absolute atomic E-state index is 0.161. The highest BCUT2D eigenvalue weighted by atomic mass is 32.2. The zero-order valence-corrected chi connectivity index (χ0v) is 13.0. The lowest BCUT2D eigenvalue weighted by Gasteiger charge is -2.09. The number of halogens is 2. The molecule has 0 aromatic heterocycles. The van der Waals surface area contributed by atoms with E-state index in [1.54, 1.807) is 0 Å². The van der Waals surface area contributed by atoms with Gasteiger partial charge in [0.1, 0.15) is 11.6 Å². The van der Waals surface area contributed by atoms with Crippen molar-refractivity contribution in [3.63, 3.8) is 0 Å². The van der Waals surface area contributed by atoms with Gasteiger partial charge in [-0.25, -0.2) is 8.78 Å². The molecule has 1 aromatic carbocycles. The molecule has 0 fully saturated rings. The normalized spacial score (nSPS) is 11.6. The van der Waals surface area contributed by atoms with Gasteiger partial charge in [-0.15, -0.1) is 0 Å². The second-order valence-electron chi connectivity index (χ2n) is 4.83. The summed E-state index contributed by atoms with van der Waals surface area (Å²) >= 11 is 0.615. The van der Waals surface area contributed by atoms with Gasteiger partial charge in [-0.2, -0.15) is 0 Å². The molecule has 0 heterocycles. The van der Waals surface area contributed by atoms with Crippen molar-refractivity contribution in [2.45, 2.75) is 38.0 Å². The van der Waals surface area contributed by atoms with Gasteiger partial charge in [0.25, 0.3) is 5.91 Å². The van der Waals surface area contributed by atoms with E-state index in [2.05, 4.69) is 10.0 Å². The van der Waals surface area contributed by atoms with Crippen molar-refractivity contribution in [2.75, 3.05) is 0 Å². The second kappa shape index (κ2) is 8.51. The van der Waals surface area contributed by atoms with E-state index < -0.39 is 23.1 Å². The molecule has 0 radical (unpaired) electrons. The maximum Gasteiger partial charge on any atom is 0.252 e. The summed E-state index contributed by atoms with van der Waals surface area (Å²) in [6, 6.07) is 1.40. The Morgan fingerprint density at radius 3 is 2.64 bits per heavy atom. The molecular formula is C14H15F2N3O2S. The average Bonchev–Trinajstić information content (AvgIpc) is 2.42. The third-order valence-corrected chi connectivity index (χ3v) is 3.84. The summed E-state index contributed by atoms with van der Waals surface area (Å²) in [6.07, 6.45) is 2.07. The molecule has 1 atom stereocenters. The van der Waals surface area contributed by atoms with Crippen molar-refractivity contribution >= 4 is 22.8 Å². The van der Waals surface area contributed by atoms with E-state index in [1.165, 1.54) is 0 Å². The van der Waals surface area contributed by atoms with Crippen molar-refractivity contribution < 1.29 is 18.4 Å². The first-order valence-electron chi connectivity index (χ1n) is 6.68. The number of nitrogens with zero attached hydrogens (tertiary/aromatic N) is 3. The van der Waals surface area contributed by atoms with Gasteiger partial charge in [0.2, 0.25) is 0 Å². The van der Waals surface area contributed by atoms with Gasteiger partial charge in [-0.05, 0) is 34.4 Å². The molecule has 1 amide bonds. The van der Waals surface area contributed by atoms with Crippen molar-refractivity contribution in [3.8, 4) is 0 Å². The Labute approximate surface area is 130 Å². The predicted molar refractivity (Wildman–Crippen MR) is 79.4 cm³/mol. The minimum Gasteiger partial charge on any atom is -0.287 e. The second-order valence-corrected chi connectivity index (χ2v) is 5.93. The van der Waals surface area contributed by atoms with Crippen LogP contribution in [-0.2, 0) is 4.79 Å². The largest absolute Gasteiger partial charge is 0.287 e. The summed E-state index contributed by atoms with van der Waals surface area (Å²) in [7, 11) is 0. The number of hydrogen-bond donors (Lipinski definition) is 0. The van der Waals surface area contributed by atoms with Crippen LogP contribution in [0.1, 0.15) is 43.5 Å². The molecular weight excluding hydrogens is 312 g/mol. The summed E-state index contributed by atoms with van der Waals surface area (Å²) in [4.78, 5) is 25.4. The number of carbonyl (C=O) groups excluding carboxylic acids is 2. The third kappa shape index (κ3) is 5.13. The first kappa shape index (κ1) is 18.1. The van der Waals surface area contributed by atoms with Gasteiger partial charge >= 0.3 is 0 Å². The van der Waals surface area contributed by atoms with E-state index in [0.29, 0.717) is 17.8 Å². The lowest BCUT2D eigenvalue weighted by atomic mass is 10.0. The Morgan fingerprint density at radius 1 is 1.36 bits per heavy atom. The molecule has 0 spiro atoms. The molecule has 118 valence electrons. The molecule has 0 bridgehead atoms. The Morgan fingerprint density at radius 2 is 2.05 bits per heavy atom. The van der Waals surface area contributed by atoms with Gasteiger partial charge in [-0.3, -0.25) is 9.59 Å². The number of amides is 1. The van der Waals surface area contributed by atoms with E-state index in [9.17, 15) is 18.4 Å². The number of azide groups is 1. The van der Waals surface area contributed by atoms with Crippen LogP contribution < -0.4 is 0 Å². The Balaban J connectivity index is 2.95. The molecule has 1 rings (SSSR count). The van der Waals surface area contributed by atoms with Crippen molar-refractivity contribution in [1.82, 2.24) is 0 Å². The van der Waals surface area contributed by atoms with Crippen molar-refractivity contribution in [3.05, 3.63) is 39.8 Å². The molecule has 0 aliphatic carbocycles. The molecule has 0 saturated heterocycles. The molecule has 0 aliphatic heterocycles. The van der Waals surface area contributed by atoms with E-state index in [1.807, 2.05) is 13.8 Å². The summed E-state index contributed by atoms with van der Waals surface area (Å²) in [5.74, 6) is -3.06. The highest BCUT2D eigenvalue weighted by molar-refractivity contribution is 8.13. The number of thioether (sulfide) groups is 1. The van der Waals surface area contributed by atoms with Crippen LogP contribution in [-0.4, -0.2) is 11.0 Å². The predicted octanol–water partition coefficient (Wildman–Crippen LogP) is 4.86. The van der Waals surface area contributed by atoms with Gasteiger partial charge in [0.15, 0.2) is 5.12 Å². The van der Waals surface area contributed by atoms with Gasteiger partial charge in [-0.1, -0.05) is 26.7 Å². The number of hydrogen-bond acceptors (Lipinski definition) is 3. The Bertz CT molecular complexity index is 631. The molecule has 0 aliphatic rings. The van der Waals surface area contributed by atoms with Crippen molar-refractivity contribution in [1.29, 1.82) is 0 Å². The topological polar surface area (TPSA) is 82.9 Å². The summed E-state index contributed by atoms with van der Waals surface area (Å²) < 4.78 is 27.2. The third-order valence-electron chi connectivity index (χ3n) is 2.91. The molecule has 0 saturated carbocycles.